The number of hydrogen-bond donors (Lipinski definition) is 0. The van der Waals surface area contributed by atoms with Crippen LogP contribution in [-0.4, -0.2) is 47.6 Å². The van der Waals surface area contributed by atoms with Gasteiger partial charge in [0, 0.05) is 25.1 Å². The molecule has 2 aliphatic rings. The third-order valence-electron chi connectivity index (χ3n) is 5.47. The molecule has 2 aromatic rings. The highest BCUT2D eigenvalue weighted by Gasteiger charge is 2.32. The van der Waals surface area contributed by atoms with E-state index in [4.69, 9.17) is 0 Å². The molecule has 4 rings (SSSR count). The number of carbonyl (C=O) groups is 1. The van der Waals surface area contributed by atoms with Gasteiger partial charge in [-0.05, 0) is 24.8 Å². The molecule has 1 unspecified atom stereocenters. The van der Waals surface area contributed by atoms with Crippen LogP contribution in [0.15, 0.2) is 47.5 Å². The van der Waals surface area contributed by atoms with Crippen molar-refractivity contribution in [2.24, 2.45) is 0 Å². The van der Waals surface area contributed by atoms with Crippen molar-refractivity contribution in [1.29, 1.82) is 0 Å². The number of benzene rings is 1. The van der Waals surface area contributed by atoms with Crippen molar-refractivity contribution in [2.75, 3.05) is 18.8 Å². The quantitative estimate of drug-likeness (QED) is 0.775. The lowest BCUT2D eigenvalue weighted by Crippen LogP contribution is -2.38. The van der Waals surface area contributed by atoms with Gasteiger partial charge in [-0.25, -0.2) is 13.4 Å². The van der Waals surface area contributed by atoms with Gasteiger partial charge in [0.2, 0.25) is 5.91 Å². The Balaban J connectivity index is 1.46. The molecule has 2 fully saturated rings. The molecule has 0 bridgehead atoms. The third-order valence-corrected chi connectivity index (χ3v) is 7.59. The number of rotatable bonds is 4. The third kappa shape index (κ3) is 4.01. The van der Waals surface area contributed by atoms with Crippen molar-refractivity contribution in [3.05, 3.63) is 64.3 Å². The normalized spacial score (nSPS) is 21.9. The molecule has 1 saturated carbocycles. The van der Waals surface area contributed by atoms with E-state index in [1.54, 1.807) is 4.90 Å². The van der Waals surface area contributed by atoms with E-state index >= 15 is 0 Å². The Bertz CT molecular complexity index is 1030. The van der Waals surface area contributed by atoms with Crippen LogP contribution in [0.1, 0.15) is 41.7 Å². The van der Waals surface area contributed by atoms with Gasteiger partial charge in [0.1, 0.15) is 6.54 Å². The number of aromatic nitrogens is 2. The van der Waals surface area contributed by atoms with Crippen LogP contribution in [0.2, 0.25) is 0 Å². The van der Waals surface area contributed by atoms with Gasteiger partial charge in [0.15, 0.2) is 9.84 Å². The smallest absolute Gasteiger partial charge is 0.254 e. The monoisotopic (exact) mass is 401 g/mol. The molecular formula is C20H23N3O4S. The summed E-state index contributed by atoms with van der Waals surface area (Å²) in [6, 6.07) is 10.6. The topological polar surface area (TPSA) is 89.3 Å². The van der Waals surface area contributed by atoms with Crippen molar-refractivity contribution in [3.63, 3.8) is 0 Å². The molecule has 0 spiro atoms. The summed E-state index contributed by atoms with van der Waals surface area (Å²) in [6.07, 6.45) is 3.89. The maximum absolute atomic E-state index is 12.7. The fourth-order valence-corrected chi connectivity index (χ4v) is 5.44. The van der Waals surface area contributed by atoms with E-state index in [2.05, 4.69) is 4.98 Å². The SMILES string of the molecule is O=C(Cn1cnc(C2CC2)cc1=O)N1CCC(c2ccccc2)S(=O)(=O)CC1. The van der Waals surface area contributed by atoms with Crippen molar-refractivity contribution < 1.29 is 13.2 Å². The van der Waals surface area contributed by atoms with Gasteiger partial charge >= 0.3 is 0 Å². The van der Waals surface area contributed by atoms with Crippen molar-refractivity contribution in [2.45, 2.75) is 37.0 Å². The van der Waals surface area contributed by atoms with Crippen LogP contribution in [0, 0.1) is 0 Å². The molecule has 1 aliphatic carbocycles. The van der Waals surface area contributed by atoms with Gasteiger partial charge in [-0.1, -0.05) is 30.3 Å². The lowest BCUT2D eigenvalue weighted by molar-refractivity contribution is -0.131. The standard InChI is InChI=1S/C20H23N3O4S/c24-19-12-17(15-6-7-15)21-14-23(19)13-20(25)22-9-8-18(28(26,27)11-10-22)16-4-2-1-3-5-16/h1-5,12,14-15,18H,6-11,13H2. The molecule has 8 heteroatoms. The highest BCUT2D eigenvalue weighted by atomic mass is 32.2. The average Bonchev–Trinajstić information content (AvgIpc) is 3.52. The van der Waals surface area contributed by atoms with E-state index in [1.165, 1.54) is 17.0 Å². The molecule has 148 valence electrons. The maximum Gasteiger partial charge on any atom is 0.254 e. The van der Waals surface area contributed by atoms with Crippen LogP contribution in [-0.2, 0) is 21.2 Å². The number of amides is 1. The zero-order chi connectivity index (χ0) is 19.7. The Morgan fingerprint density at radius 3 is 2.54 bits per heavy atom. The summed E-state index contributed by atoms with van der Waals surface area (Å²) in [4.78, 5) is 30.8. The molecule has 1 aromatic heterocycles. The lowest BCUT2D eigenvalue weighted by atomic mass is 10.1. The van der Waals surface area contributed by atoms with Crippen LogP contribution in [0.4, 0.5) is 0 Å². The number of hydrogen-bond acceptors (Lipinski definition) is 5. The van der Waals surface area contributed by atoms with E-state index in [9.17, 15) is 18.0 Å². The minimum atomic E-state index is -3.34. The zero-order valence-electron chi connectivity index (χ0n) is 15.5. The second-order valence-corrected chi connectivity index (χ2v) is 9.79. The van der Waals surface area contributed by atoms with Gasteiger partial charge < -0.3 is 4.90 Å². The molecule has 0 N–H and O–H groups in total. The number of carbonyl (C=O) groups excluding carboxylic acids is 1. The molecule has 1 aromatic carbocycles. The predicted molar refractivity (Wildman–Crippen MR) is 105 cm³/mol. The second kappa shape index (κ2) is 7.50. The summed E-state index contributed by atoms with van der Waals surface area (Å²) in [6.45, 7) is 0.375. The average molecular weight is 401 g/mol. The minimum absolute atomic E-state index is 0.0773. The summed E-state index contributed by atoms with van der Waals surface area (Å²) < 4.78 is 26.7. The molecule has 28 heavy (non-hydrogen) atoms. The Labute approximate surface area is 163 Å². The van der Waals surface area contributed by atoms with Crippen molar-refractivity contribution >= 4 is 15.7 Å². The van der Waals surface area contributed by atoms with Gasteiger partial charge in [-0.3, -0.25) is 14.2 Å². The van der Waals surface area contributed by atoms with E-state index in [0.717, 1.165) is 24.1 Å². The molecule has 1 amide bonds. The summed E-state index contributed by atoms with van der Waals surface area (Å²) in [7, 11) is -3.34. The molecule has 1 saturated heterocycles. The molecule has 1 aliphatic heterocycles. The first kappa shape index (κ1) is 18.9. The highest BCUT2D eigenvalue weighted by Crippen LogP contribution is 2.38. The molecule has 0 radical (unpaired) electrons. The highest BCUT2D eigenvalue weighted by molar-refractivity contribution is 7.91. The van der Waals surface area contributed by atoms with E-state index in [-0.39, 0.29) is 30.3 Å². The van der Waals surface area contributed by atoms with Gasteiger partial charge in [-0.2, -0.15) is 0 Å². The van der Waals surface area contributed by atoms with Crippen LogP contribution < -0.4 is 5.56 Å². The first-order chi connectivity index (χ1) is 13.4. The number of nitrogens with zero attached hydrogens (tertiary/aromatic N) is 3. The Morgan fingerprint density at radius 2 is 1.86 bits per heavy atom. The van der Waals surface area contributed by atoms with Crippen LogP contribution in [0.3, 0.4) is 0 Å². The summed E-state index contributed by atoms with van der Waals surface area (Å²) in [5.41, 5.74) is 1.31. The Morgan fingerprint density at radius 1 is 1.11 bits per heavy atom. The van der Waals surface area contributed by atoms with Gasteiger partial charge in [0.25, 0.3) is 5.56 Å². The number of sulfone groups is 1. The largest absolute Gasteiger partial charge is 0.340 e. The van der Waals surface area contributed by atoms with Crippen molar-refractivity contribution in [3.8, 4) is 0 Å². The van der Waals surface area contributed by atoms with E-state index < -0.39 is 15.1 Å². The van der Waals surface area contributed by atoms with Gasteiger partial charge in [0.05, 0.1) is 23.0 Å². The zero-order valence-corrected chi connectivity index (χ0v) is 16.3. The first-order valence-electron chi connectivity index (χ1n) is 9.55. The Kier molecular flexibility index (Phi) is 5.05. The molecule has 2 heterocycles. The van der Waals surface area contributed by atoms with Crippen molar-refractivity contribution in [1.82, 2.24) is 14.5 Å². The predicted octanol–water partition coefficient (Wildman–Crippen LogP) is 1.51. The van der Waals surface area contributed by atoms with Crippen LogP contribution in [0.25, 0.3) is 0 Å². The van der Waals surface area contributed by atoms with E-state index in [0.29, 0.717) is 18.9 Å². The summed E-state index contributed by atoms with van der Waals surface area (Å²) in [5.74, 6) is 0.0438. The summed E-state index contributed by atoms with van der Waals surface area (Å²) >= 11 is 0. The van der Waals surface area contributed by atoms with Crippen LogP contribution >= 0.6 is 0 Å². The maximum atomic E-state index is 12.7. The van der Waals surface area contributed by atoms with Crippen LogP contribution in [0.5, 0.6) is 0 Å². The fourth-order valence-electron chi connectivity index (χ4n) is 3.64. The lowest BCUT2D eigenvalue weighted by Gasteiger charge is -2.20. The van der Waals surface area contributed by atoms with E-state index in [1.807, 2.05) is 30.3 Å². The molecular weight excluding hydrogens is 378 g/mol. The molecule has 1 atom stereocenters. The second-order valence-electron chi connectivity index (χ2n) is 7.49. The summed E-state index contributed by atoms with van der Waals surface area (Å²) in [5, 5.41) is -0.603. The van der Waals surface area contributed by atoms with Gasteiger partial charge in [-0.15, -0.1) is 0 Å². The first-order valence-corrected chi connectivity index (χ1v) is 11.3. The fraction of sp³-hybridized carbons (Fsp3) is 0.450. The Hall–Kier alpha value is -2.48. The molecule has 7 nitrogen and oxygen atoms in total. The minimum Gasteiger partial charge on any atom is -0.340 e.